The number of methoxy groups -OCH3 is 1. The van der Waals surface area contributed by atoms with Crippen molar-refractivity contribution in [2.24, 2.45) is 0 Å². The third-order valence-corrected chi connectivity index (χ3v) is 3.90. The Kier molecular flexibility index (Phi) is 5.23. The van der Waals surface area contributed by atoms with Crippen LogP contribution in [0.5, 0.6) is 5.75 Å². The van der Waals surface area contributed by atoms with Gasteiger partial charge in [-0.3, -0.25) is 0 Å². The molecule has 0 radical (unpaired) electrons. The molecule has 19 heavy (non-hydrogen) atoms. The van der Waals surface area contributed by atoms with Gasteiger partial charge in [0.05, 0.1) is 12.7 Å². The third-order valence-electron chi connectivity index (χ3n) is 3.90. The number of likely N-dealkylation sites (N-methyl/N-ethyl adjacent to an activating group) is 1. The van der Waals surface area contributed by atoms with Crippen LogP contribution in [0.25, 0.3) is 0 Å². The molecule has 1 heterocycles. The van der Waals surface area contributed by atoms with Crippen LogP contribution in [0.1, 0.15) is 31.4 Å². The number of ether oxygens (including phenoxy) is 2. The second kappa shape index (κ2) is 6.92. The molecule has 2 rings (SSSR count). The van der Waals surface area contributed by atoms with Gasteiger partial charge in [0.1, 0.15) is 5.75 Å². The first kappa shape index (κ1) is 14.4. The molecule has 0 bridgehead atoms. The summed E-state index contributed by atoms with van der Waals surface area (Å²) in [5, 5.41) is 3.51. The lowest BCUT2D eigenvalue weighted by molar-refractivity contribution is 0.0807. The maximum Gasteiger partial charge on any atom is 0.122 e. The first-order valence-electron chi connectivity index (χ1n) is 7.25. The standard InChI is InChI=1S/C16H25NO2/c1-4-17-15(12(2)18-3)7-5-13-6-8-16-14(11-13)9-10-19-16/h6,8,11-12,15,17H,4-5,7,9-10H2,1-3H3. The molecule has 1 N–H and O–H groups in total. The van der Waals surface area contributed by atoms with E-state index in [2.05, 4.69) is 37.4 Å². The second-order valence-electron chi connectivity index (χ2n) is 5.18. The average molecular weight is 263 g/mol. The molecule has 2 atom stereocenters. The molecule has 0 aromatic heterocycles. The minimum atomic E-state index is 0.248. The van der Waals surface area contributed by atoms with Crippen molar-refractivity contribution >= 4 is 0 Å². The van der Waals surface area contributed by atoms with E-state index in [-0.39, 0.29) is 6.10 Å². The van der Waals surface area contributed by atoms with Gasteiger partial charge in [0.25, 0.3) is 0 Å². The Hall–Kier alpha value is -1.06. The molecule has 0 fully saturated rings. The van der Waals surface area contributed by atoms with Crippen LogP contribution in [-0.4, -0.2) is 32.4 Å². The van der Waals surface area contributed by atoms with E-state index in [0.717, 1.165) is 38.2 Å². The van der Waals surface area contributed by atoms with Crippen molar-refractivity contribution in [1.82, 2.24) is 5.32 Å². The van der Waals surface area contributed by atoms with Gasteiger partial charge in [-0.25, -0.2) is 0 Å². The van der Waals surface area contributed by atoms with Crippen LogP contribution in [0.2, 0.25) is 0 Å². The van der Waals surface area contributed by atoms with Crippen molar-refractivity contribution in [3.63, 3.8) is 0 Å². The van der Waals surface area contributed by atoms with Crippen molar-refractivity contribution in [1.29, 1.82) is 0 Å². The van der Waals surface area contributed by atoms with E-state index in [0.29, 0.717) is 6.04 Å². The van der Waals surface area contributed by atoms with Crippen molar-refractivity contribution in [2.45, 2.75) is 45.3 Å². The molecule has 1 aromatic carbocycles. The van der Waals surface area contributed by atoms with Crippen molar-refractivity contribution < 1.29 is 9.47 Å². The predicted molar refractivity (Wildman–Crippen MR) is 77.9 cm³/mol. The molecular formula is C16H25NO2. The first-order valence-corrected chi connectivity index (χ1v) is 7.25. The Morgan fingerprint density at radius 2 is 2.26 bits per heavy atom. The van der Waals surface area contributed by atoms with Gasteiger partial charge in [-0.1, -0.05) is 19.1 Å². The first-order chi connectivity index (χ1) is 9.24. The van der Waals surface area contributed by atoms with E-state index < -0.39 is 0 Å². The molecule has 1 aliphatic rings. The lowest BCUT2D eigenvalue weighted by Crippen LogP contribution is -2.39. The Morgan fingerprint density at radius 1 is 1.42 bits per heavy atom. The van der Waals surface area contributed by atoms with Gasteiger partial charge in [-0.15, -0.1) is 0 Å². The highest BCUT2D eigenvalue weighted by Gasteiger charge is 2.16. The number of aryl methyl sites for hydroxylation is 1. The molecule has 3 heteroatoms. The molecule has 1 aliphatic heterocycles. The molecule has 106 valence electrons. The van der Waals surface area contributed by atoms with E-state index in [9.17, 15) is 0 Å². The summed E-state index contributed by atoms with van der Waals surface area (Å²) >= 11 is 0. The van der Waals surface area contributed by atoms with Gasteiger partial charge < -0.3 is 14.8 Å². The predicted octanol–water partition coefficient (Wildman–Crippen LogP) is 2.57. The average Bonchev–Trinajstić information content (AvgIpc) is 2.90. The quantitative estimate of drug-likeness (QED) is 0.820. The molecule has 3 nitrogen and oxygen atoms in total. The topological polar surface area (TPSA) is 30.5 Å². The summed E-state index contributed by atoms with van der Waals surface area (Å²) in [6.45, 7) is 6.09. The molecule has 0 amide bonds. The van der Waals surface area contributed by atoms with E-state index in [1.165, 1.54) is 11.1 Å². The maximum atomic E-state index is 5.54. The van der Waals surface area contributed by atoms with E-state index >= 15 is 0 Å². The number of rotatable bonds is 7. The van der Waals surface area contributed by atoms with Crippen LogP contribution >= 0.6 is 0 Å². The highest BCUT2D eigenvalue weighted by Crippen LogP contribution is 2.26. The van der Waals surface area contributed by atoms with E-state index in [1.54, 1.807) is 7.11 Å². The minimum absolute atomic E-state index is 0.248. The van der Waals surface area contributed by atoms with Gasteiger partial charge in [0.15, 0.2) is 0 Å². The monoisotopic (exact) mass is 263 g/mol. The Balaban J connectivity index is 1.93. The summed E-state index contributed by atoms with van der Waals surface area (Å²) < 4.78 is 11.0. The largest absolute Gasteiger partial charge is 0.493 e. The molecule has 0 saturated heterocycles. The summed E-state index contributed by atoms with van der Waals surface area (Å²) in [5.74, 6) is 1.07. The van der Waals surface area contributed by atoms with Crippen molar-refractivity contribution in [2.75, 3.05) is 20.3 Å². The summed E-state index contributed by atoms with van der Waals surface area (Å²) in [4.78, 5) is 0. The molecule has 1 aromatic rings. The zero-order chi connectivity index (χ0) is 13.7. The van der Waals surface area contributed by atoms with Crippen LogP contribution in [0.3, 0.4) is 0 Å². The normalized spacial score (nSPS) is 16.8. The van der Waals surface area contributed by atoms with Crippen LogP contribution in [0.15, 0.2) is 18.2 Å². The summed E-state index contributed by atoms with van der Waals surface area (Å²) in [6.07, 6.45) is 3.48. The Bertz CT molecular complexity index is 406. The van der Waals surface area contributed by atoms with Crippen LogP contribution in [0.4, 0.5) is 0 Å². The molecule has 2 unspecified atom stereocenters. The van der Waals surface area contributed by atoms with E-state index in [4.69, 9.17) is 9.47 Å². The zero-order valence-corrected chi connectivity index (χ0v) is 12.2. The zero-order valence-electron chi connectivity index (χ0n) is 12.2. The Morgan fingerprint density at radius 3 is 3.00 bits per heavy atom. The SMILES string of the molecule is CCNC(CCc1ccc2c(c1)CCO2)C(C)OC. The van der Waals surface area contributed by atoms with Crippen LogP contribution in [-0.2, 0) is 17.6 Å². The molecule has 0 spiro atoms. The fourth-order valence-electron chi connectivity index (χ4n) is 2.65. The van der Waals surface area contributed by atoms with Crippen molar-refractivity contribution in [3.8, 4) is 5.75 Å². The Labute approximate surface area is 116 Å². The van der Waals surface area contributed by atoms with Gasteiger partial charge in [-0.05, 0) is 43.5 Å². The molecule has 0 saturated carbocycles. The number of benzene rings is 1. The lowest BCUT2D eigenvalue weighted by atomic mass is 9.99. The maximum absolute atomic E-state index is 5.54. The minimum Gasteiger partial charge on any atom is -0.493 e. The highest BCUT2D eigenvalue weighted by molar-refractivity contribution is 5.39. The fourth-order valence-corrected chi connectivity index (χ4v) is 2.65. The number of hydrogen-bond donors (Lipinski definition) is 1. The van der Waals surface area contributed by atoms with E-state index in [1.807, 2.05) is 0 Å². The lowest BCUT2D eigenvalue weighted by Gasteiger charge is -2.23. The fraction of sp³-hybridized carbons (Fsp3) is 0.625. The smallest absolute Gasteiger partial charge is 0.122 e. The van der Waals surface area contributed by atoms with Gasteiger partial charge in [-0.2, -0.15) is 0 Å². The van der Waals surface area contributed by atoms with Crippen LogP contribution < -0.4 is 10.1 Å². The number of fused-ring (bicyclic) bond motifs is 1. The van der Waals surface area contributed by atoms with Gasteiger partial charge in [0.2, 0.25) is 0 Å². The summed E-state index contributed by atoms with van der Waals surface area (Å²) in [6, 6.07) is 7.01. The third kappa shape index (κ3) is 3.71. The van der Waals surface area contributed by atoms with Gasteiger partial charge in [0, 0.05) is 19.6 Å². The summed E-state index contributed by atoms with van der Waals surface area (Å²) in [7, 11) is 1.78. The van der Waals surface area contributed by atoms with Gasteiger partial charge >= 0.3 is 0 Å². The number of hydrogen-bond acceptors (Lipinski definition) is 3. The summed E-state index contributed by atoms with van der Waals surface area (Å²) in [5.41, 5.74) is 2.76. The molecule has 0 aliphatic carbocycles. The van der Waals surface area contributed by atoms with Crippen LogP contribution in [0, 0.1) is 0 Å². The number of nitrogens with one attached hydrogen (secondary N) is 1. The second-order valence-corrected chi connectivity index (χ2v) is 5.18. The van der Waals surface area contributed by atoms with Crippen molar-refractivity contribution in [3.05, 3.63) is 29.3 Å². The molecular weight excluding hydrogens is 238 g/mol. The highest BCUT2D eigenvalue weighted by atomic mass is 16.5.